The monoisotopic (exact) mass is 378 g/mol. The summed E-state index contributed by atoms with van der Waals surface area (Å²) in [4.78, 5) is 14.8. The summed E-state index contributed by atoms with van der Waals surface area (Å²) < 4.78 is 17.6. The molecule has 1 atom stereocenters. The third-order valence-corrected chi connectivity index (χ3v) is 4.74. The lowest BCUT2D eigenvalue weighted by atomic mass is 10.1. The van der Waals surface area contributed by atoms with Crippen LogP contribution in [-0.4, -0.2) is 30.5 Å². The second-order valence-corrected chi connectivity index (χ2v) is 6.41. The molecule has 28 heavy (non-hydrogen) atoms. The maximum atomic E-state index is 12.0. The highest BCUT2D eigenvalue weighted by Crippen LogP contribution is 2.33. The molecule has 0 N–H and O–H groups in total. The number of benzene rings is 2. The summed E-state index contributed by atoms with van der Waals surface area (Å²) in [6, 6.07) is 14.8. The number of hydrogen-bond donors (Lipinski definition) is 0. The molecule has 0 amide bonds. The molecule has 3 aromatic rings. The highest BCUT2D eigenvalue weighted by Gasteiger charge is 2.21. The van der Waals surface area contributed by atoms with Gasteiger partial charge >= 0.3 is 5.97 Å². The summed E-state index contributed by atoms with van der Waals surface area (Å²) in [6.45, 7) is 0.427. The predicted molar refractivity (Wildman–Crippen MR) is 102 cm³/mol. The molecule has 8 heteroatoms. The van der Waals surface area contributed by atoms with Crippen molar-refractivity contribution >= 4 is 16.9 Å². The molecule has 1 aromatic heterocycles. The van der Waals surface area contributed by atoms with Crippen molar-refractivity contribution in [2.75, 3.05) is 13.9 Å². The zero-order chi connectivity index (χ0) is 19.5. The number of carbonyl (C=O) groups is 1. The van der Waals surface area contributed by atoms with Crippen molar-refractivity contribution in [1.82, 2.24) is 4.57 Å². The number of rotatable bonds is 6. The van der Waals surface area contributed by atoms with Gasteiger partial charge in [-0.1, -0.05) is 29.4 Å². The quantitative estimate of drug-likeness (QED) is 0.282. The number of azide groups is 1. The first-order valence-electron chi connectivity index (χ1n) is 8.77. The molecule has 0 fully saturated rings. The van der Waals surface area contributed by atoms with Crippen LogP contribution in [0.15, 0.2) is 53.6 Å². The van der Waals surface area contributed by atoms with Crippen molar-refractivity contribution in [1.29, 1.82) is 0 Å². The number of esters is 1. The van der Waals surface area contributed by atoms with E-state index in [1.807, 2.05) is 47.0 Å². The Morgan fingerprint density at radius 2 is 2.07 bits per heavy atom. The Labute approximate surface area is 160 Å². The van der Waals surface area contributed by atoms with Gasteiger partial charge in [0.1, 0.15) is 0 Å². The van der Waals surface area contributed by atoms with Crippen LogP contribution in [0.2, 0.25) is 0 Å². The molecule has 1 aliphatic heterocycles. The minimum atomic E-state index is -0.943. The van der Waals surface area contributed by atoms with Gasteiger partial charge in [0, 0.05) is 29.1 Å². The lowest BCUT2D eigenvalue weighted by Gasteiger charge is -2.15. The molecule has 0 aliphatic carbocycles. The fourth-order valence-electron chi connectivity index (χ4n) is 3.42. The first-order valence-corrected chi connectivity index (χ1v) is 8.77. The van der Waals surface area contributed by atoms with E-state index in [0.29, 0.717) is 6.42 Å². The van der Waals surface area contributed by atoms with Crippen molar-refractivity contribution in [3.05, 3.63) is 70.2 Å². The number of carbonyl (C=O) groups excluding carboxylic acids is 1. The average Bonchev–Trinajstić information content (AvgIpc) is 3.31. The molecule has 0 radical (unpaired) electrons. The van der Waals surface area contributed by atoms with Crippen LogP contribution < -0.4 is 9.47 Å². The molecule has 0 bridgehead atoms. The summed E-state index contributed by atoms with van der Waals surface area (Å²) in [6.07, 6.45) is 0.621. The van der Waals surface area contributed by atoms with Gasteiger partial charge in [-0.05, 0) is 40.7 Å². The van der Waals surface area contributed by atoms with E-state index in [2.05, 4.69) is 16.1 Å². The minimum Gasteiger partial charge on any atom is -0.469 e. The standard InChI is InChI=1S/C20H18N4O4/c1-26-20(25)16(22-23-21)11-24-15(10-14-4-2-3-5-17(14)24)8-13-6-7-18-19(9-13)28-12-27-18/h2-7,9-10,16H,8,11-12H2,1H3/t16-/m0/s1. The highest BCUT2D eigenvalue weighted by atomic mass is 16.7. The van der Waals surface area contributed by atoms with Gasteiger partial charge in [0.25, 0.3) is 0 Å². The topological polar surface area (TPSA) is 98.5 Å². The van der Waals surface area contributed by atoms with E-state index in [-0.39, 0.29) is 13.3 Å². The number of aromatic nitrogens is 1. The van der Waals surface area contributed by atoms with Gasteiger partial charge in [-0.15, -0.1) is 0 Å². The molecule has 0 saturated heterocycles. The summed E-state index contributed by atoms with van der Waals surface area (Å²) >= 11 is 0. The van der Waals surface area contributed by atoms with Crippen molar-refractivity contribution in [2.24, 2.45) is 5.11 Å². The second-order valence-electron chi connectivity index (χ2n) is 6.41. The molecule has 0 saturated carbocycles. The van der Waals surface area contributed by atoms with E-state index >= 15 is 0 Å². The molecule has 0 spiro atoms. The summed E-state index contributed by atoms with van der Waals surface area (Å²) in [5.74, 6) is 0.893. The third-order valence-electron chi connectivity index (χ3n) is 4.74. The molecule has 142 valence electrons. The number of fused-ring (bicyclic) bond motifs is 2. The SMILES string of the molecule is COC(=O)[C@H](Cn1c(Cc2ccc3c(c2)OCO3)cc2ccccc21)N=[N+]=[N-]. The van der Waals surface area contributed by atoms with Crippen LogP contribution in [0.25, 0.3) is 21.3 Å². The Bertz CT molecular complexity index is 1080. The first kappa shape index (κ1) is 17.8. The van der Waals surface area contributed by atoms with E-state index in [9.17, 15) is 4.79 Å². The number of nitrogens with zero attached hydrogens (tertiary/aromatic N) is 4. The van der Waals surface area contributed by atoms with Gasteiger partial charge in [-0.3, -0.25) is 4.79 Å². The first-order chi connectivity index (χ1) is 13.7. The average molecular weight is 378 g/mol. The molecular weight excluding hydrogens is 360 g/mol. The van der Waals surface area contributed by atoms with Gasteiger partial charge in [0.05, 0.1) is 7.11 Å². The van der Waals surface area contributed by atoms with Crippen LogP contribution in [-0.2, 0) is 22.5 Å². The van der Waals surface area contributed by atoms with E-state index in [0.717, 1.165) is 33.7 Å². The Morgan fingerprint density at radius 3 is 2.89 bits per heavy atom. The molecule has 0 unspecified atom stereocenters. The molecular formula is C20H18N4O4. The van der Waals surface area contributed by atoms with Crippen LogP contribution in [0.5, 0.6) is 11.5 Å². The van der Waals surface area contributed by atoms with Gasteiger partial charge in [0.2, 0.25) is 6.79 Å². The van der Waals surface area contributed by atoms with Crippen molar-refractivity contribution in [3.63, 3.8) is 0 Å². The Hall–Kier alpha value is -3.64. The van der Waals surface area contributed by atoms with Gasteiger partial charge in [0.15, 0.2) is 17.5 Å². The molecule has 8 nitrogen and oxygen atoms in total. The number of methoxy groups -OCH3 is 1. The highest BCUT2D eigenvalue weighted by molar-refractivity contribution is 5.82. The van der Waals surface area contributed by atoms with Gasteiger partial charge < -0.3 is 18.8 Å². The van der Waals surface area contributed by atoms with Crippen LogP contribution >= 0.6 is 0 Å². The van der Waals surface area contributed by atoms with Crippen molar-refractivity contribution in [2.45, 2.75) is 19.0 Å². The van der Waals surface area contributed by atoms with Gasteiger partial charge in [-0.2, -0.15) is 0 Å². The van der Waals surface area contributed by atoms with Gasteiger partial charge in [-0.25, -0.2) is 0 Å². The Balaban J connectivity index is 1.72. The minimum absolute atomic E-state index is 0.199. The fourth-order valence-corrected chi connectivity index (χ4v) is 3.42. The van der Waals surface area contributed by atoms with E-state index in [1.54, 1.807) is 0 Å². The normalized spacial score (nSPS) is 13.2. The van der Waals surface area contributed by atoms with Crippen LogP contribution in [0.1, 0.15) is 11.3 Å². The number of ether oxygens (including phenoxy) is 3. The maximum absolute atomic E-state index is 12.0. The van der Waals surface area contributed by atoms with E-state index in [4.69, 9.17) is 19.7 Å². The molecule has 1 aliphatic rings. The second kappa shape index (κ2) is 7.54. The third kappa shape index (κ3) is 3.33. The van der Waals surface area contributed by atoms with Crippen molar-refractivity contribution in [3.8, 4) is 11.5 Å². The number of hydrogen-bond acceptors (Lipinski definition) is 5. The van der Waals surface area contributed by atoms with E-state index in [1.165, 1.54) is 7.11 Å². The van der Waals surface area contributed by atoms with Crippen molar-refractivity contribution < 1.29 is 19.0 Å². The maximum Gasteiger partial charge on any atom is 0.316 e. The fraction of sp³-hybridized carbons (Fsp3) is 0.250. The summed E-state index contributed by atoms with van der Waals surface area (Å²) in [7, 11) is 1.28. The summed E-state index contributed by atoms with van der Waals surface area (Å²) in [5, 5.41) is 4.66. The zero-order valence-electron chi connectivity index (χ0n) is 15.2. The zero-order valence-corrected chi connectivity index (χ0v) is 15.2. The Morgan fingerprint density at radius 1 is 1.25 bits per heavy atom. The van der Waals surface area contributed by atoms with Crippen LogP contribution in [0, 0.1) is 0 Å². The predicted octanol–water partition coefficient (Wildman–Crippen LogP) is 3.81. The lowest BCUT2D eigenvalue weighted by Crippen LogP contribution is -2.26. The summed E-state index contributed by atoms with van der Waals surface area (Å²) in [5.41, 5.74) is 11.8. The number of para-hydroxylation sites is 1. The van der Waals surface area contributed by atoms with E-state index < -0.39 is 12.0 Å². The van der Waals surface area contributed by atoms with Crippen LogP contribution in [0.3, 0.4) is 0 Å². The van der Waals surface area contributed by atoms with Crippen LogP contribution in [0.4, 0.5) is 0 Å². The largest absolute Gasteiger partial charge is 0.469 e. The Kier molecular flexibility index (Phi) is 4.78. The molecule has 2 heterocycles. The molecule has 4 rings (SSSR count). The molecule has 2 aromatic carbocycles. The smallest absolute Gasteiger partial charge is 0.316 e. The lowest BCUT2D eigenvalue weighted by molar-refractivity contribution is -0.142.